The monoisotopic (exact) mass is 446 g/mol. The van der Waals surface area contributed by atoms with Gasteiger partial charge in [0, 0.05) is 29.4 Å². The Kier molecular flexibility index (Phi) is 3.93. The van der Waals surface area contributed by atoms with Gasteiger partial charge in [0.2, 0.25) is 17.7 Å². The highest BCUT2D eigenvalue weighted by Gasteiger charge is 2.74. The van der Waals surface area contributed by atoms with Gasteiger partial charge in [-0.1, -0.05) is 18.2 Å². The van der Waals surface area contributed by atoms with Crippen molar-refractivity contribution < 1.29 is 19.3 Å². The molecule has 4 aliphatic heterocycles. The van der Waals surface area contributed by atoms with Crippen molar-refractivity contribution in [2.24, 2.45) is 11.8 Å². The summed E-state index contributed by atoms with van der Waals surface area (Å²) < 4.78 is 0. The van der Waals surface area contributed by atoms with Crippen LogP contribution in [0.5, 0.6) is 0 Å². The predicted octanol–water partition coefficient (Wildman–Crippen LogP) is 2.64. The predicted molar refractivity (Wildman–Crippen MR) is 119 cm³/mol. The zero-order chi connectivity index (χ0) is 23.2. The number of fused-ring (bicyclic) bond motifs is 7. The number of para-hydroxylation sites is 1. The lowest BCUT2D eigenvalue weighted by molar-refractivity contribution is -0.384. The van der Waals surface area contributed by atoms with E-state index in [-0.39, 0.29) is 23.5 Å². The average Bonchev–Trinajstić information content (AvgIpc) is 3.48. The molecule has 1 N–H and O–H groups in total. The van der Waals surface area contributed by atoms with Crippen LogP contribution in [0.1, 0.15) is 29.5 Å². The number of non-ortho nitro benzene ring substituents is 1. The number of nitro groups is 1. The maximum atomic E-state index is 14.0. The van der Waals surface area contributed by atoms with Gasteiger partial charge in [-0.2, -0.15) is 0 Å². The third kappa shape index (κ3) is 2.27. The molecule has 3 saturated heterocycles. The quantitative estimate of drug-likeness (QED) is 0.431. The Bertz CT molecular complexity index is 1290. The molecular formula is C24H22N4O5. The van der Waals surface area contributed by atoms with Crippen LogP contribution < -0.4 is 10.2 Å². The van der Waals surface area contributed by atoms with Crippen molar-refractivity contribution in [3.05, 3.63) is 63.2 Å². The standard InChI is InChI=1S/C24H22N4O5/c1-12-5-3-6-15-20(12)25-23(31)24(15)19-18(17-7-4-10-26(17)24)21(29)27(22(19)30)16-9-8-14(28(32)33)11-13(16)2/h3,5-6,8-9,11,17-19H,4,7,10H2,1-2H3,(H,25,31)/t17-,18+,19-,24-/m0/s1. The summed E-state index contributed by atoms with van der Waals surface area (Å²) in [6.07, 6.45) is 1.59. The molecule has 2 aromatic carbocycles. The number of benzene rings is 2. The highest BCUT2D eigenvalue weighted by molar-refractivity contribution is 6.26. The molecule has 9 nitrogen and oxygen atoms in total. The summed E-state index contributed by atoms with van der Waals surface area (Å²) >= 11 is 0. The molecule has 6 rings (SSSR count). The van der Waals surface area contributed by atoms with Gasteiger partial charge in [0.15, 0.2) is 0 Å². The summed E-state index contributed by atoms with van der Waals surface area (Å²) in [4.78, 5) is 55.3. The third-order valence-electron chi connectivity index (χ3n) is 7.87. The summed E-state index contributed by atoms with van der Waals surface area (Å²) in [6.45, 7) is 4.21. The Balaban J connectivity index is 1.53. The van der Waals surface area contributed by atoms with Crippen molar-refractivity contribution in [2.75, 3.05) is 16.8 Å². The SMILES string of the molecule is Cc1cc([N+](=O)[O-])ccc1N1C(=O)[C@H]2[C@@H](C1=O)[C@@]1(C(=O)Nc3c(C)cccc31)N1CCC[C@@H]21. The van der Waals surface area contributed by atoms with E-state index < -0.39 is 28.2 Å². The molecule has 168 valence electrons. The van der Waals surface area contributed by atoms with E-state index in [2.05, 4.69) is 10.2 Å². The highest BCUT2D eigenvalue weighted by Crippen LogP contribution is 2.61. The summed E-state index contributed by atoms with van der Waals surface area (Å²) in [5.41, 5.74) is 1.88. The van der Waals surface area contributed by atoms with Gasteiger partial charge in [0.25, 0.3) is 5.69 Å². The number of anilines is 2. The number of rotatable bonds is 2. The Morgan fingerprint density at radius 2 is 1.88 bits per heavy atom. The van der Waals surface area contributed by atoms with E-state index in [0.717, 1.165) is 34.6 Å². The molecule has 4 atom stereocenters. The number of hydrogen-bond acceptors (Lipinski definition) is 6. The van der Waals surface area contributed by atoms with Crippen molar-refractivity contribution in [2.45, 2.75) is 38.3 Å². The van der Waals surface area contributed by atoms with Gasteiger partial charge in [-0.3, -0.25) is 29.4 Å². The number of nitrogens with zero attached hydrogens (tertiary/aromatic N) is 3. The normalized spacial score (nSPS) is 30.1. The first-order valence-electron chi connectivity index (χ1n) is 11.1. The lowest BCUT2D eigenvalue weighted by Crippen LogP contribution is -2.54. The van der Waals surface area contributed by atoms with Crippen LogP contribution in [0.15, 0.2) is 36.4 Å². The van der Waals surface area contributed by atoms with Gasteiger partial charge in [-0.15, -0.1) is 0 Å². The Labute approximate surface area is 189 Å². The molecule has 0 radical (unpaired) electrons. The van der Waals surface area contributed by atoms with E-state index in [1.54, 1.807) is 6.92 Å². The first-order chi connectivity index (χ1) is 15.8. The Morgan fingerprint density at radius 1 is 1.09 bits per heavy atom. The minimum Gasteiger partial charge on any atom is -0.324 e. The van der Waals surface area contributed by atoms with Crippen LogP contribution >= 0.6 is 0 Å². The van der Waals surface area contributed by atoms with Gasteiger partial charge in [0.05, 0.1) is 22.4 Å². The van der Waals surface area contributed by atoms with Crippen LogP contribution in [0.4, 0.5) is 17.1 Å². The number of imide groups is 1. The number of carbonyl (C=O) groups is 3. The first kappa shape index (κ1) is 20.0. The zero-order valence-electron chi connectivity index (χ0n) is 18.2. The summed E-state index contributed by atoms with van der Waals surface area (Å²) in [7, 11) is 0. The molecule has 3 fully saturated rings. The lowest BCUT2D eigenvalue weighted by Gasteiger charge is -2.36. The first-order valence-corrected chi connectivity index (χ1v) is 11.1. The molecule has 0 aliphatic carbocycles. The number of aryl methyl sites for hydroxylation is 2. The molecule has 1 spiro atoms. The number of nitrogens with one attached hydrogen (secondary N) is 1. The van der Waals surface area contributed by atoms with E-state index in [1.807, 2.05) is 25.1 Å². The van der Waals surface area contributed by atoms with Crippen LogP contribution in [0.25, 0.3) is 0 Å². The minimum absolute atomic E-state index is 0.103. The smallest absolute Gasteiger partial charge is 0.269 e. The molecule has 3 amide bonds. The molecular weight excluding hydrogens is 424 g/mol. The van der Waals surface area contributed by atoms with Crippen LogP contribution in [0, 0.1) is 35.8 Å². The van der Waals surface area contributed by atoms with E-state index in [0.29, 0.717) is 17.8 Å². The highest BCUT2D eigenvalue weighted by atomic mass is 16.6. The van der Waals surface area contributed by atoms with E-state index >= 15 is 0 Å². The van der Waals surface area contributed by atoms with Gasteiger partial charge in [-0.25, -0.2) is 4.90 Å². The molecule has 2 aromatic rings. The Morgan fingerprint density at radius 3 is 2.61 bits per heavy atom. The molecule has 4 aliphatic rings. The second kappa shape index (κ2) is 6.48. The van der Waals surface area contributed by atoms with Gasteiger partial charge < -0.3 is 5.32 Å². The molecule has 9 heteroatoms. The molecule has 0 bridgehead atoms. The van der Waals surface area contributed by atoms with Crippen molar-refractivity contribution in [1.29, 1.82) is 0 Å². The third-order valence-corrected chi connectivity index (χ3v) is 7.87. The number of hydrogen-bond donors (Lipinski definition) is 1. The van der Waals surface area contributed by atoms with Crippen LogP contribution in [0.3, 0.4) is 0 Å². The molecule has 33 heavy (non-hydrogen) atoms. The maximum absolute atomic E-state index is 14.0. The summed E-state index contributed by atoms with van der Waals surface area (Å²) in [6, 6.07) is 9.60. The van der Waals surface area contributed by atoms with Crippen molar-refractivity contribution >= 4 is 34.8 Å². The van der Waals surface area contributed by atoms with Crippen molar-refractivity contribution in [3.63, 3.8) is 0 Å². The number of amides is 3. The van der Waals surface area contributed by atoms with Gasteiger partial charge >= 0.3 is 0 Å². The van der Waals surface area contributed by atoms with E-state index in [1.165, 1.54) is 18.2 Å². The maximum Gasteiger partial charge on any atom is 0.269 e. The van der Waals surface area contributed by atoms with Crippen LogP contribution in [-0.4, -0.2) is 40.1 Å². The van der Waals surface area contributed by atoms with E-state index in [9.17, 15) is 24.5 Å². The topological polar surface area (TPSA) is 113 Å². The fraction of sp³-hybridized carbons (Fsp3) is 0.375. The molecule has 0 saturated carbocycles. The minimum atomic E-state index is -1.22. The zero-order valence-corrected chi connectivity index (χ0v) is 18.2. The second-order valence-corrected chi connectivity index (χ2v) is 9.36. The average molecular weight is 446 g/mol. The van der Waals surface area contributed by atoms with Gasteiger partial charge in [0.1, 0.15) is 5.54 Å². The molecule has 0 aromatic heterocycles. The van der Waals surface area contributed by atoms with Crippen LogP contribution in [0.2, 0.25) is 0 Å². The fourth-order valence-corrected chi connectivity index (χ4v) is 6.62. The summed E-state index contributed by atoms with van der Waals surface area (Å²) in [5, 5.41) is 14.2. The largest absolute Gasteiger partial charge is 0.324 e. The number of carbonyl (C=O) groups excluding carboxylic acids is 3. The Hall–Kier alpha value is -3.59. The number of nitro benzene ring substituents is 1. The van der Waals surface area contributed by atoms with Gasteiger partial charge in [-0.05, 0) is 50.4 Å². The van der Waals surface area contributed by atoms with Crippen molar-refractivity contribution in [3.8, 4) is 0 Å². The van der Waals surface area contributed by atoms with Crippen LogP contribution in [-0.2, 0) is 19.9 Å². The second-order valence-electron chi connectivity index (χ2n) is 9.36. The molecule has 4 heterocycles. The summed E-state index contributed by atoms with van der Waals surface area (Å²) in [5.74, 6) is -2.47. The lowest BCUT2D eigenvalue weighted by atomic mass is 9.75. The molecule has 0 unspecified atom stereocenters. The fourth-order valence-electron chi connectivity index (χ4n) is 6.62. The van der Waals surface area contributed by atoms with E-state index in [4.69, 9.17) is 0 Å². The van der Waals surface area contributed by atoms with Crippen molar-refractivity contribution in [1.82, 2.24) is 4.90 Å².